The molecule has 0 bridgehead atoms. The Bertz CT molecular complexity index is 1070. The zero-order chi connectivity index (χ0) is 20.8. The molecule has 1 aromatic heterocycles. The van der Waals surface area contributed by atoms with Crippen molar-refractivity contribution in [3.8, 4) is 0 Å². The summed E-state index contributed by atoms with van der Waals surface area (Å²) in [6.07, 6.45) is 3.08. The largest absolute Gasteiger partial charge is 0.348 e. The number of carbonyl (C=O) groups is 2. The van der Waals surface area contributed by atoms with Crippen LogP contribution in [0.3, 0.4) is 0 Å². The van der Waals surface area contributed by atoms with Crippen LogP contribution in [-0.2, 0) is 6.54 Å². The van der Waals surface area contributed by atoms with Gasteiger partial charge in [-0.25, -0.2) is 0 Å². The third kappa shape index (κ3) is 5.01. The number of nitro groups is 1. The van der Waals surface area contributed by atoms with Gasteiger partial charge in [-0.05, 0) is 42.8 Å². The highest BCUT2D eigenvalue weighted by Gasteiger charge is 2.15. The Kier molecular flexibility index (Phi) is 5.94. The lowest BCUT2D eigenvalue weighted by Crippen LogP contribution is -2.23. The van der Waals surface area contributed by atoms with Crippen molar-refractivity contribution in [3.05, 3.63) is 99.4 Å². The van der Waals surface area contributed by atoms with E-state index in [4.69, 9.17) is 0 Å². The van der Waals surface area contributed by atoms with E-state index in [1.807, 2.05) is 0 Å². The Hall–Kier alpha value is -4.07. The van der Waals surface area contributed by atoms with E-state index in [0.29, 0.717) is 16.8 Å². The van der Waals surface area contributed by atoms with E-state index in [0.717, 1.165) is 5.56 Å². The molecule has 0 saturated heterocycles. The number of pyridine rings is 1. The number of anilines is 1. The van der Waals surface area contributed by atoms with Crippen molar-refractivity contribution in [2.24, 2.45) is 0 Å². The zero-order valence-corrected chi connectivity index (χ0v) is 15.6. The fourth-order valence-electron chi connectivity index (χ4n) is 2.70. The molecule has 146 valence electrons. The molecule has 0 spiro atoms. The van der Waals surface area contributed by atoms with E-state index in [1.54, 1.807) is 55.5 Å². The van der Waals surface area contributed by atoms with Crippen LogP contribution in [0.4, 0.5) is 11.4 Å². The molecule has 0 fully saturated rings. The molecule has 29 heavy (non-hydrogen) atoms. The van der Waals surface area contributed by atoms with Crippen LogP contribution in [0.2, 0.25) is 0 Å². The highest BCUT2D eigenvalue weighted by molar-refractivity contribution is 6.04. The van der Waals surface area contributed by atoms with Crippen molar-refractivity contribution < 1.29 is 14.5 Å². The van der Waals surface area contributed by atoms with Gasteiger partial charge in [0.25, 0.3) is 17.5 Å². The molecule has 1 heterocycles. The molecule has 0 saturated carbocycles. The second kappa shape index (κ2) is 8.75. The number of benzene rings is 2. The Balaban J connectivity index is 1.65. The minimum Gasteiger partial charge on any atom is -0.348 e. The molecule has 2 N–H and O–H groups in total. The summed E-state index contributed by atoms with van der Waals surface area (Å²) in [6.45, 7) is 1.82. The van der Waals surface area contributed by atoms with Gasteiger partial charge in [0.05, 0.1) is 4.92 Å². The summed E-state index contributed by atoms with van der Waals surface area (Å²) >= 11 is 0. The van der Waals surface area contributed by atoms with Gasteiger partial charge < -0.3 is 10.6 Å². The van der Waals surface area contributed by atoms with Gasteiger partial charge in [0.2, 0.25) is 0 Å². The van der Waals surface area contributed by atoms with Crippen molar-refractivity contribution in [3.63, 3.8) is 0 Å². The van der Waals surface area contributed by atoms with Crippen LogP contribution in [0.15, 0.2) is 67.0 Å². The van der Waals surface area contributed by atoms with Crippen LogP contribution < -0.4 is 10.6 Å². The van der Waals surface area contributed by atoms with Crippen LogP contribution in [0, 0.1) is 17.0 Å². The number of nitro benzene ring substituents is 1. The summed E-state index contributed by atoms with van der Waals surface area (Å²) in [4.78, 5) is 39.0. The average molecular weight is 390 g/mol. The number of aryl methyl sites for hydroxylation is 1. The summed E-state index contributed by atoms with van der Waals surface area (Å²) in [6, 6.07) is 14.6. The summed E-state index contributed by atoms with van der Waals surface area (Å²) in [5, 5.41) is 16.6. The predicted molar refractivity (Wildman–Crippen MR) is 108 cm³/mol. The molecule has 3 aromatic rings. The maximum Gasteiger partial charge on any atom is 0.273 e. The smallest absolute Gasteiger partial charge is 0.273 e. The van der Waals surface area contributed by atoms with Crippen molar-refractivity contribution in [1.29, 1.82) is 0 Å². The fraction of sp³-hybridized carbons (Fsp3) is 0.0952. The quantitative estimate of drug-likeness (QED) is 0.494. The first-order chi connectivity index (χ1) is 13.9. The summed E-state index contributed by atoms with van der Waals surface area (Å²) in [7, 11) is 0. The average Bonchev–Trinajstić information content (AvgIpc) is 2.73. The predicted octanol–water partition coefficient (Wildman–Crippen LogP) is 3.48. The molecule has 2 aromatic carbocycles. The van der Waals surface area contributed by atoms with Crippen molar-refractivity contribution in [1.82, 2.24) is 10.3 Å². The normalized spacial score (nSPS) is 10.2. The molecule has 0 unspecified atom stereocenters. The monoisotopic (exact) mass is 390 g/mol. The lowest BCUT2D eigenvalue weighted by Gasteiger charge is -2.09. The first-order valence-corrected chi connectivity index (χ1v) is 8.77. The molecule has 2 amide bonds. The fourth-order valence-corrected chi connectivity index (χ4v) is 2.70. The number of hydrogen-bond acceptors (Lipinski definition) is 5. The van der Waals surface area contributed by atoms with Gasteiger partial charge in [0.1, 0.15) is 0 Å². The Morgan fingerprint density at radius 2 is 1.76 bits per heavy atom. The molecule has 8 heteroatoms. The third-order valence-electron chi connectivity index (χ3n) is 4.25. The zero-order valence-electron chi connectivity index (χ0n) is 15.6. The highest BCUT2D eigenvalue weighted by atomic mass is 16.6. The number of carbonyl (C=O) groups excluding carboxylic acids is 2. The maximum atomic E-state index is 12.3. The van der Waals surface area contributed by atoms with E-state index in [9.17, 15) is 19.7 Å². The Morgan fingerprint density at radius 1 is 1.00 bits per heavy atom. The van der Waals surface area contributed by atoms with Crippen LogP contribution >= 0.6 is 0 Å². The minimum atomic E-state index is -0.513. The van der Waals surface area contributed by atoms with Gasteiger partial charge >= 0.3 is 0 Å². The maximum absolute atomic E-state index is 12.3. The second-order valence-corrected chi connectivity index (χ2v) is 6.33. The van der Waals surface area contributed by atoms with E-state index in [1.165, 1.54) is 18.5 Å². The second-order valence-electron chi connectivity index (χ2n) is 6.33. The standard InChI is InChI=1S/C21H18N4O4/c1-14-5-6-17(12-19(14)25(28)29)20(26)23-13-15-3-2-4-18(11-15)24-21(27)16-7-9-22-10-8-16/h2-12H,13H2,1H3,(H,23,26)(H,24,27). The molecular weight excluding hydrogens is 372 g/mol. The highest BCUT2D eigenvalue weighted by Crippen LogP contribution is 2.19. The van der Waals surface area contributed by atoms with Gasteiger partial charge in [-0.1, -0.05) is 18.2 Å². The summed E-state index contributed by atoms with van der Waals surface area (Å²) < 4.78 is 0. The summed E-state index contributed by atoms with van der Waals surface area (Å²) in [5.41, 5.74) is 2.45. The van der Waals surface area contributed by atoms with Gasteiger partial charge in [-0.15, -0.1) is 0 Å². The Labute approximate surface area is 166 Å². The van der Waals surface area contributed by atoms with Gasteiger partial charge in [0, 0.05) is 47.4 Å². The number of rotatable bonds is 6. The van der Waals surface area contributed by atoms with Crippen LogP contribution in [-0.4, -0.2) is 21.7 Å². The molecule has 0 atom stereocenters. The molecule has 0 aliphatic heterocycles. The summed E-state index contributed by atoms with van der Waals surface area (Å²) in [5.74, 6) is -0.681. The molecule has 8 nitrogen and oxygen atoms in total. The molecule has 0 radical (unpaired) electrons. The first kappa shape index (κ1) is 19.7. The number of hydrogen-bond donors (Lipinski definition) is 2. The van der Waals surface area contributed by atoms with Crippen molar-refractivity contribution in [2.45, 2.75) is 13.5 Å². The number of nitrogens with zero attached hydrogens (tertiary/aromatic N) is 2. The first-order valence-electron chi connectivity index (χ1n) is 8.77. The molecular formula is C21H18N4O4. The van der Waals surface area contributed by atoms with E-state index >= 15 is 0 Å². The van der Waals surface area contributed by atoms with E-state index in [2.05, 4.69) is 15.6 Å². The molecule has 0 aliphatic carbocycles. The van der Waals surface area contributed by atoms with Crippen LogP contribution in [0.5, 0.6) is 0 Å². The number of aromatic nitrogens is 1. The van der Waals surface area contributed by atoms with Crippen molar-refractivity contribution in [2.75, 3.05) is 5.32 Å². The number of amides is 2. The topological polar surface area (TPSA) is 114 Å². The lowest BCUT2D eigenvalue weighted by atomic mass is 10.1. The minimum absolute atomic E-state index is 0.0986. The lowest BCUT2D eigenvalue weighted by molar-refractivity contribution is -0.385. The van der Waals surface area contributed by atoms with E-state index < -0.39 is 10.8 Å². The molecule has 3 rings (SSSR count). The SMILES string of the molecule is Cc1ccc(C(=O)NCc2cccc(NC(=O)c3ccncc3)c2)cc1[N+](=O)[O-]. The van der Waals surface area contributed by atoms with Gasteiger partial charge in [0.15, 0.2) is 0 Å². The molecule has 0 aliphatic rings. The third-order valence-corrected chi connectivity index (χ3v) is 4.25. The Morgan fingerprint density at radius 3 is 2.48 bits per heavy atom. The van der Waals surface area contributed by atoms with Gasteiger partial charge in [-0.2, -0.15) is 0 Å². The van der Waals surface area contributed by atoms with Crippen molar-refractivity contribution >= 4 is 23.2 Å². The van der Waals surface area contributed by atoms with Crippen LogP contribution in [0.1, 0.15) is 31.8 Å². The van der Waals surface area contributed by atoms with Crippen LogP contribution in [0.25, 0.3) is 0 Å². The van der Waals surface area contributed by atoms with E-state index in [-0.39, 0.29) is 23.7 Å². The number of nitrogens with one attached hydrogen (secondary N) is 2. The van der Waals surface area contributed by atoms with Gasteiger partial charge in [-0.3, -0.25) is 24.7 Å².